The van der Waals surface area contributed by atoms with E-state index in [1.807, 2.05) is 0 Å². The SMILES string of the molecule is CCCCCCCC[C@@]12CCC[C@@H](O)[C@@H]1C2. The first-order valence-corrected chi connectivity index (χ1v) is 7.46. The summed E-state index contributed by atoms with van der Waals surface area (Å²) < 4.78 is 0. The molecular weight excluding hydrogens is 196 g/mol. The lowest BCUT2D eigenvalue weighted by Crippen LogP contribution is -2.21. The van der Waals surface area contributed by atoms with Gasteiger partial charge >= 0.3 is 0 Å². The molecule has 0 saturated heterocycles. The summed E-state index contributed by atoms with van der Waals surface area (Å²) in [6.07, 6.45) is 15.0. The van der Waals surface area contributed by atoms with Gasteiger partial charge < -0.3 is 5.11 Å². The van der Waals surface area contributed by atoms with Gasteiger partial charge in [-0.1, -0.05) is 51.9 Å². The molecule has 2 aliphatic rings. The third-order valence-electron chi connectivity index (χ3n) is 4.92. The standard InChI is InChI=1S/C15H28O/c1-2-3-4-5-6-7-10-15-11-8-9-14(16)13(15)12-15/h13-14,16H,2-12H2,1H3/t13-,14+,15-/m0/s1. The Hall–Kier alpha value is -0.0400. The fourth-order valence-electron chi connectivity index (χ4n) is 3.74. The molecule has 2 rings (SSSR count). The highest BCUT2D eigenvalue weighted by Crippen LogP contribution is 2.64. The zero-order chi connectivity index (χ0) is 11.4. The number of aliphatic hydroxyl groups is 1. The second kappa shape index (κ2) is 5.53. The van der Waals surface area contributed by atoms with Gasteiger partial charge in [-0.25, -0.2) is 0 Å². The second-order valence-electron chi connectivity index (χ2n) is 6.15. The minimum Gasteiger partial charge on any atom is -0.393 e. The van der Waals surface area contributed by atoms with E-state index in [-0.39, 0.29) is 6.10 Å². The van der Waals surface area contributed by atoms with Crippen LogP contribution in [-0.4, -0.2) is 11.2 Å². The van der Waals surface area contributed by atoms with Crippen LogP contribution in [0.25, 0.3) is 0 Å². The van der Waals surface area contributed by atoms with E-state index >= 15 is 0 Å². The van der Waals surface area contributed by atoms with E-state index in [1.165, 1.54) is 64.2 Å². The van der Waals surface area contributed by atoms with Crippen molar-refractivity contribution in [3.63, 3.8) is 0 Å². The number of fused-ring (bicyclic) bond motifs is 1. The molecule has 0 spiro atoms. The van der Waals surface area contributed by atoms with E-state index in [4.69, 9.17) is 0 Å². The smallest absolute Gasteiger partial charge is 0.0573 e. The maximum atomic E-state index is 9.86. The van der Waals surface area contributed by atoms with Gasteiger partial charge in [0.25, 0.3) is 0 Å². The minimum absolute atomic E-state index is 0.0499. The van der Waals surface area contributed by atoms with Gasteiger partial charge in [-0.05, 0) is 37.0 Å². The Bertz CT molecular complexity index is 213. The van der Waals surface area contributed by atoms with E-state index in [2.05, 4.69) is 6.92 Å². The van der Waals surface area contributed by atoms with Gasteiger partial charge in [0.15, 0.2) is 0 Å². The van der Waals surface area contributed by atoms with Crippen molar-refractivity contribution in [2.75, 3.05) is 0 Å². The maximum Gasteiger partial charge on any atom is 0.0573 e. The molecule has 0 heterocycles. The molecule has 1 heteroatoms. The molecule has 16 heavy (non-hydrogen) atoms. The van der Waals surface area contributed by atoms with Crippen molar-refractivity contribution in [2.45, 2.75) is 83.7 Å². The van der Waals surface area contributed by atoms with Crippen molar-refractivity contribution in [1.82, 2.24) is 0 Å². The minimum atomic E-state index is 0.0499. The predicted molar refractivity (Wildman–Crippen MR) is 68.4 cm³/mol. The summed E-state index contributed by atoms with van der Waals surface area (Å²) in [5.74, 6) is 0.692. The van der Waals surface area contributed by atoms with Crippen molar-refractivity contribution < 1.29 is 5.11 Å². The highest BCUT2D eigenvalue weighted by molar-refractivity contribution is 5.07. The Morgan fingerprint density at radius 3 is 2.69 bits per heavy atom. The van der Waals surface area contributed by atoms with Crippen LogP contribution < -0.4 is 0 Å². The Kier molecular flexibility index (Phi) is 4.29. The van der Waals surface area contributed by atoms with Crippen LogP contribution in [0.1, 0.15) is 77.6 Å². The van der Waals surface area contributed by atoms with Gasteiger partial charge in [-0.15, -0.1) is 0 Å². The van der Waals surface area contributed by atoms with Gasteiger partial charge in [0.05, 0.1) is 6.10 Å². The second-order valence-corrected chi connectivity index (χ2v) is 6.15. The van der Waals surface area contributed by atoms with Crippen molar-refractivity contribution >= 4 is 0 Å². The monoisotopic (exact) mass is 224 g/mol. The molecule has 1 nitrogen and oxygen atoms in total. The zero-order valence-electron chi connectivity index (χ0n) is 10.9. The molecule has 0 bridgehead atoms. The number of rotatable bonds is 7. The summed E-state index contributed by atoms with van der Waals surface area (Å²) in [5.41, 5.74) is 0.614. The largest absolute Gasteiger partial charge is 0.393 e. The summed E-state index contributed by atoms with van der Waals surface area (Å²) in [6, 6.07) is 0. The number of aliphatic hydroxyl groups excluding tert-OH is 1. The van der Waals surface area contributed by atoms with Crippen LogP contribution >= 0.6 is 0 Å². The van der Waals surface area contributed by atoms with E-state index in [0.29, 0.717) is 11.3 Å². The molecule has 3 atom stereocenters. The maximum absolute atomic E-state index is 9.86. The van der Waals surface area contributed by atoms with Crippen molar-refractivity contribution in [3.8, 4) is 0 Å². The fourth-order valence-corrected chi connectivity index (χ4v) is 3.74. The highest BCUT2D eigenvalue weighted by atomic mass is 16.3. The van der Waals surface area contributed by atoms with Crippen LogP contribution in [0.2, 0.25) is 0 Å². The van der Waals surface area contributed by atoms with Gasteiger partial charge in [0, 0.05) is 0 Å². The molecule has 0 unspecified atom stereocenters. The van der Waals surface area contributed by atoms with Crippen LogP contribution in [-0.2, 0) is 0 Å². The molecule has 0 aromatic rings. The lowest BCUT2D eigenvalue weighted by Gasteiger charge is -2.25. The lowest BCUT2D eigenvalue weighted by atomic mass is 9.83. The molecular formula is C15H28O. The molecule has 0 amide bonds. The number of hydrogen-bond acceptors (Lipinski definition) is 1. The molecule has 94 valence electrons. The summed E-state index contributed by atoms with van der Waals surface area (Å²) in [5, 5.41) is 9.86. The molecule has 0 radical (unpaired) electrons. The van der Waals surface area contributed by atoms with Crippen molar-refractivity contribution in [1.29, 1.82) is 0 Å². The fraction of sp³-hybridized carbons (Fsp3) is 1.00. The highest BCUT2D eigenvalue weighted by Gasteiger charge is 2.57. The predicted octanol–water partition coefficient (Wildman–Crippen LogP) is 4.29. The van der Waals surface area contributed by atoms with Crippen LogP contribution in [0.4, 0.5) is 0 Å². The quantitative estimate of drug-likeness (QED) is 0.640. The van der Waals surface area contributed by atoms with E-state index in [0.717, 1.165) is 6.42 Å². The first-order chi connectivity index (χ1) is 7.78. The molecule has 0 aromatic heterocycles. The van der Waals surface area contributed by atoms with Crippen LogP contribution in [0, 0.1) is 11.3 Å². The first kappa shape index (κ1) is 12.4. The first-order valence-electron chi connectivity index (χ1n) is 7.46. The number of unbranched alkanes of at least 4 members (excludes halogenated alkanes) is 5. The lowest BCUT2D eigenvalue weighted by molar-refractivity contribution is 0.0896. The van der Waals surface area contributed by atoms with Crippen molar-refractivity contribution in [2.24, 2.45) is 11.3 Å². The van der Waals surface area contributed by atoms with E-state index in [1.54, 1.807) is 0 Å². The molecule has 2 fully saturated rings. The van der Waals surface area contributed by atoms with Gasteiger partial charge in [-0.2, -0.15) is 0 Å². The Morgan fingerprint density at radius 1 is 1.12 bits per heavy atom. The topological polar surface area (TPSA) is 20.2 Å². The number of hydrogen-bond donors (Lipinski definition) is 1. The van der Waals surface area contributed by atoms with Gasteiger partial charge in [0.2, 0.25) is 0 Å². The zero-order valence-corrected chi connectivity index (χ0v) is 10.9. The van der Waals surface area contributed by atoms with Crippen LogP contribution in [0.5, 0.6) is 0 Å². The molecule has 2 saturated carbocycles. The van der Waals surface area contributed by atoms with Crippen LogP contribution in [0.15, 0.2) is 0 Å². The Labute approximate surface area is 101 Å². The summed E-state index contributed by atoms with van der Waals surface area (Å²) in [6.45, 7) is 2.27. The third-order valence-corrected chi connectivity index (χ3v) is 4.92. The average molecular weight is 224 g/mol. The van der Waals surface area contributed by atoms with E-state index in [9.17, 15) is 5.11 Å². The summed E-state index contributed by atoms with van der Waals surface area (Å²) in [4.78, 5) is 0. The molecule has 0 aromatic carbocycles. The average Bonchev–Trinajstić information content (AvgIpc) is 3.00. The van der Waals surface area contributed by atoms with Gasteiger partial charge in [0.1, 0.15) is 0 Å². The van der Waals surface area contributed by atoms with Gasteiger partial charge in [-0.3, -0.25) is 0 Å². The normalized spacial score (nSPS) is 37.1. The Morgan fingerprint density at radius 2 is 1.88 bits per heavy atom. The molecule has 1 N–H and O–H groups in total. The van der Waals surface area contributed by atoms with E-state index < -0.39 is 0 Å². The summed E-state index contributed by atoms with van der Waals surface area (Å²) in [7, 11) is 0. The molecule has 2 aliphatic carbocycles. The van der Waals surface area contributed by atoms with Crippen LogP contribution in [0.3, 0.4) is 0 Å². The molecule has 0 aliphatic heterocycles. The Balaban J connectivity index is 1.57. The van der Waals surface area contributed by atoms with Crippen molar-refractivity contribution in [3.05, 3.63) is 0 Å². The third kappa shape index (κ3) is 2.80. The summed E-state index contributed by atoms with van der Waals surface area (Å²) >= 11 is 0.